The van der Waals surface area contributed by atoms with Crippen LogP contribution in [0.4, 0.5) is 0 Å². The first kappa shape index (κ1) is 37.2. The van der Waals surface area contributed by atoms with Gasteiger partial charge in [-0.15, -0.1) is 0 Å². The smallest absolute Gasteiger partial charge is 0.412 e. The fourth-order valence-electron chi connectivity index (χ4n) is 0.690. The standard InChI is InChI=1S/C3H8O9S3.Ca.4H2O/c4-13(5,6)1-3(15(10,11)12)2-14(7,8)9;;;;;/h3H,1-2H2,(H,4,5,6)(H,7,8,9)(H,10,11,12);;4*1H2/q;+2;;;;. The molecule has 0 aliphatic carbocycles. The van der Waals surface area contributed by atoms with Gasteiger partial charge in [0.2, 0.25) is 0 Å². The molecule has 0 fully saturated rings. The Morgan fingerprint density at radius 2 is 0.850 bits per heavy atom. The maximum Gasteiger partial charge on any atom is 2.00 e. The predicted octanol–water partition coefficient (Wildman–Crippen LogP) is -5.66. The molecular formula is C3H16CaO13S3+2. The van der Waals surface area contributed by atoms with E-state index < -0.39 is 47.1 Å². The van der Waals surface area contributed by atoms with Crippen molar-refractivity contribution in [1.82, 2.24) is 0 Å². The van der Waals surface area contributed by atoms with Gasteiger partial charge in [-0.2, -0.15) is 25.3 Å². The fraction of sp³-hybridized carbons (Fsp3) is 1.00. The van der Waals surface area contributed by atoms with Crippen molar-refractivity contribution in [2.75, 3.05) is 11.5 Å². The summed E-state index contributed by atoms with van der Waals surface area (Å²) in [6.45, 7) is 0. The van der Waals surface area contributed by atoms with Crippen molar-refractivity contribution in [1.29, 1.82) is 0 Å². The van der Waals surface area contributed by atoms with Crippen LogP contribution in [0.5, 0.6) is 0 Å². The van der Waals surface area contributed by atoms with Gasteiger partial charge >= 0.3 is 37.7 Å². The van der Waals surface area contributed by atoms with E-state index in [-0.39, 0.29) is 59.6 Å². The van der Waals surface area contributed by atoms with Crippen molar-refractivity contribution in [3.63, 3.8) is 0 Å². The van der Waals surface area contributed by atoms with Gasteiger partial charge in [-0.25, -0.2) is 0 Å². The number of hydrogen-bond acceptors (Lipinski definition) is 6. The van der Waals surface area contributed by atoms with Gasteiger partial charge in [0.05, 0.1) is 11.5 Å². The molecule has 11 N–H and O–H groups in total. The molecule has 0 rings (SSSR count). The summed E-state index contributed by atoms with van der Waals surface area (Å²) in [7, 11) is -14.6. The van der Waals surface area contributed by atoms with Crippen LogP contribution in [-0.2, 0) is 30.4 Å². The Morgan fingerprint density at radius 1 is 0.650 bits per heavy atom. The Hall–Kier alpha value is 0.830. The molecule has 0 aromatic carbocycles. The molecule has 0 atom stereocenters. The maximum absolute atomic E-state index is 10.5. The van der Waals surface area contributed by atoms with E-state index in [0.29, 0.717) is 0 Å². The van der Waals surface area contributed by atoms with Crippen LogP contribution in [0.3, 0.4) is 0 Å². The van der Waals surface area contributed by atoms with E-state index in [0.717, 1.165) is 0 Å². The van der Waals surface area contributed by atoms with Gasteiger partial charge in [-0.1, -0.05) is 0 Å². The van der Waals surface area contributed by atoms with Crippen LogP contribution in [0.15, 0.2) is 0 Å². The minimum Gasteiger partial charge on any atom is -0.412 e. The molecule has 0 saturated carbocycles. The van der Waals surface area contributed by atoms with E-state index in [1.165, 1.54) is 0 Å². The van der Waals surface area contributed by atoms with Crippen molar-refractivity contribution in [2.24, 2.45) is 0 Å². The normalized spacial score (nSPS) is 10.8. The first-order valence-electron chi connectivity index (χ1n) is 3.18. The molecule has 20 heavy (non-hydrogen) atoms. The molecule has 0 amide bonds. The molecule has 0 aromatic heterocycles. The molecule has 0 radical (unpaired) electrons. The van der Waals surface area contributed by atoms with Crippen molar-refractivity contribution in [3.05, 3.63) is 0 Å². The zero-order chi connectivity index (χ0) is 12.5. The van der Waals surface area contributed by atoms with E-state index in [9.17, 15) is 25.3 Å². The van der Waals surface area contributed by atoms with Gasteiger partial charge in [0, 0.05) is 0 Å². The quantitative estimate of drug-likeness (QED) is 0.294. The second kappa shape index (κ2) is 12.4. The van der Waals surface area contributed by atoms with Crippen LogP contribution in [0, 0.1) is 0 Å². The van der Waals surface area contributed by atoms with Gasteiger partial charge in [0.25, 0.3) is 30.4 Å². The van der Waals surface area contributed by atoms with Crippen LogP contribution >= 0.6 is 0 Å². The summed E-state index contributed by atoms with van der Waals surface area (Å²) in [5.74, 6) is -3.04. The monoisotopic (exact) mass is 396 g/mol. The molecular weight excluding hydrogens is 380 g/mol. The summed E-state index contributed by atoms with van der Waals surface area (Å²) in [6.07, 6.45) is 0. The third-order valence-corrected chi connectivity index (χ3v) is 4.46. The largest absolute Gasteiger partial charge is 2.00 e. The van der Waals surface area contributed by atoms with Crippen molar-refractivity contribution < 1.29 is 60.8 Å². The van der Waals surface area contributed by atoms with Crippen LogP contribution in [0.1, 0.15) is 0 Å². The van der Waals surface area contributed by atoms with E-state index >= 15 is 0 Å². The molecule has 13 nitrogen and oxygen atoms in total. The SMILES string of the molecule is O.O.O.O.O=S(=O)(O)CC(CS(=O)(=O)O)S(=O)(=O)O.[Ca+2]. The summed E-state index contributed by atoms with van der Waals surface area (Å²) in [6, 6.07) is 0. The molecule has 0 saturated heterocycles. The fourth-order valence-corrected chi connectivity index (χ4v) is 4.42. The Kier molecular flexibility index (Phi) is 23.1. The number of hydrogen-bond donors (Lipinski definition) is 3. The topological polar surface area (TPSA) is 289 Å². The van der Waals surface area contributed by atoms with Crippen LogP contribution in [0.2, 0.25) is 0 Å². The summed E-state index contributed by atoms with van der Waals surface area (Å²) >= 11 is 0. The van der Waals surface area contributed by atoms with Gasteiger partial charge < -0.3 is 21.9 Å². The maximum atomic E-state index is 10.5. The average molecular weight is 396 g/mol. The summed E-state index contributed by atoms with van der Waals surface area (Å²) in [5.41, 5.74) is 0. The Morgan fingerprint density at radius 3 is 0.950 bits per heavy atom. The molecule has 0 aliphatic rings. The minimum atomic E-state index is -5.01. The third kappa shape index (κ3) is 21.1. The zero-order valence-corrected chi connectivity index (χ0v) is 14.4. The molecule has 0 aromatic rings. The zero-order valence-electron chi connectivity index (χ0n) is 9.71. The van der Waals surface area contributed by atoms with Gasteiger partial charge in [0.15, 0.2) is 0 Å². The molecule has 17 heteroatoms. The first-order chi connectivity index (χ1) is 6.31. The molecule has 0 bridgehead atoms. The second-order valence-corrected chi connectivity index (χ2v) is 7.33. The molecule has 0 unspecified atom stereocenters. The van der Waals surface area contributed by atoms with Gasteiger partial charge in [-0.05, 0) is 0 Å². The van der Waals surface area contributed by atoms with Gasteiger partial charge in [0.1, 0.15) is 5.25 Å². The number of rotatable bonds is 5. The van der Waals surface area contributed by atoms with Crippen LogP contribution < -0.4 is 0 Å². The average Bonchev–Trinajstić information content (AvgIpc) is 1.75. The van der Waals surface area contributed by atoms with Crippen molar-refractivity contribution in [2.45, 2.75) is 5.25 Å². The Balaban J connectivity index is -0.0000000980. The van der Waals surface area contributed by atoms with E-state index in [2.05, 4.69) is 0 Å². The summed E-state index contributed by atoms with van der Waals surface area (Å²) in [4.78, 5) is 0. The molecule has 0 aliphatic heterocycles. The predicted molar refractivity (Wildman–Crippen MR) is 68.4 cm³/mol. The minimum absolute atomic E-state index is 0. The van der Waals surface area contributed by atoms with Crippen LogP contribution in [0.25, 0.3) is 0 Å². The van der Waals surface area contributed by atoms with Crippen molar-refractivity contribution in [3.8, 4) is 0 Å². The van der Waals surface area contributed by atoms with E-state index in [1.54, 1.807) is 0 Å². The Labute approximate surface area is 144 Å². The molecule has 124 valence electrons. The van der Waals surface area contributed by atoms with E-state index in [4.69, 9.17) is 13.7 Å². The van der Waals surface area contributed by atoms with Crippen molar-refractivity contribution >= 4 is 68.1 Å². The molecule has 0 spiro atoms. The molecule has 0 heterocycles. The summed E-state index contributed by atoms with van der Waals surface area (Å²) < 4.78 is 87.1. The second-order valence-electron chi connectivity index (χ2n) is 2.63. The van der Waals surface area contributed by atoms with Gasteiger partial charge in [-0.3, -0.25) is 13.7 Å². The third-order valence-electron chi connectivity index (χ3n) is 1.21. The summed E-state index contributed by atoms with van der Waals surface area (Å²) in [5, 5.41) is -2.33. The first-order valence-corrected chi connectivity index (χ1v) is 7.90. The van der Waals surface area contributed by atoms with Crippen LogP contribution in [-0.4, -0.2) is 115 Å². The van der Waals surface area contributed by atoms with E-state index in [1.807, 2.05) is 0 Å². The Bertz CT molecular complexity index is 481.